The molecule has 6 saturated heterocycles. The van der Waals surface area contributed by atoms with Crippen molar-refractivity contribution in [1.82, 2.24) is 29.8 Å². The number of fused-ring (bicyclic) bond motifs is 6. The first-order valence-corrected chi connectivity index (χ1v) is 30.7. The maximum Gasteiger partial charge on any atom is 0.416 e. The highest BCUT2D eigenvalue weighted by Crippen LogP contribution is 2.39. The van der Waals surface area contributed by atoms with Crippen molar-refractivity contribution in [3.05, 3.63) is 171 Å². The largest absolute Gasteiger partial charge is 0.492 e. The Morgan fingerprint density at radius 2 is 0.926 bits per heavy atom. The number of nitrogens with zero attached hydrogens (tertiary/aromatic N) is 8. The first-order chi connectivity index (χ1) is 43.7. The van der Waals surface area contributed by atoms with Crippen molar-refractivity contribution in [2.75, 3.05) is 78.7 Å². The van der Waals surface area contributed by atoms with Crippen molar-refractivity contribution >= 4 is 58.0 Å². The van der Waals surface area contributed by atoms with Crippen LogP contribution in [0, 0.1) is 30.3 Å². The van der Waals surface area contributed by atoms with Crippen LogP contribution in [0.1, 0.15) is 76.7 Å². The van der Waals surface area contributed by atoms with Crippen molar-refractivity contribution in [1.29, 1.82) is 0 Å². The van der Waals surface area contributed by atoms with Crippen LogP contribution >= 0.6 is 34.8 Å². The summed E-state index contributed by atoms with van der Waals surface area (Å²) in [6.45, 7) is 12.9. The quantitative estimate of drug-likeness (QED) is 0.0374. The summed E-state index contributed by atoms with van der Waals surface area (Å²) in [6.07, 6.45) is -11.5. The number of halogens is 12. The van der Waals surface area contributed by atoms with Gasteiger partial charge in [-0.1, -0.05) is 67.0 Å². The third-order valence-corrected chi connectivity index (χ3v) is 17.3. The summed E-state index contributed by atoms with van der Waals surface area (Å²) < 4.78 is 138. The minimum absolute atomic E-state index is 0. The Bertz CT molecular complexity index is 3450. The van der Waals surface area contributed by atoms with Gasteiger partial charge in [0.15, 0.2) is 0 Å². The number of hydrogen-bond acceptors (Lipinski definition) is 16. The number of likely N-dealkylation sites (tertiary alicyclic amines) is 5. The van der Waals surface area contributed by atoms with Gasteiger partial charge in [-0.2, -0.15) is 39.5 Å². The number of rotatable bonds is 18. The zero-order valence-electron chi connectivity index (χ0n) is 50.4. The number of carbonyl (C=O) groups is 1. The Morgan fingerprint density at radius 3 is 1.26 bits per heavy atom. The number of nitrogens with one attached hydrogen (secondary N) is 1. The van der Waals surface area contributed by atoms with E-state index in [4.69, 9.17) is 53.8 Å². The normalized spacial score (nSPS) is 20.9. The highest BCUT2D eigenvalue weighted by atomic mass is 35.5. The number of benzene rings is 5. The summed E-state index contributed by atoms with van der Waals surface area (Å²) in [7, 11) is 0. The van der Waals surface area contributed by atoms with E-state index in [2.05, 4.69) is 24.9 Å². The van der Waals surface area contributed by atoms with Gasteiger partial charge in [-0.25, -0.2) is 4.79 Å². The molecule has 6 fully saturated rings. The number of hydrogen-bond donors (Lipinski definition) is 1. The number of nitro benzene ring substituents is 3. The van der Waals surface area contributed by atoms with E-state index in [9.17, 15) is 74.7 Å². The van der Waals surface area contributed by atoms with Crippen LogP contribution in [0.5, 0.6) is 17.2 Å². The van der Waals surface area contributed by atoms with Crippen LogP contribution in [0.2, 0.25) is 10.0 Å². The summed E-state index contributed by atoms with van der Waals surface area (Å²) >= 11 is 17.6. The minimum Gasteiger partial charge on any atom is -0.492 e. The first-order valence-electron chi connectivity index (χ1n) is 29.4. The molecule has 516 valence electrons. The zero-order valence-corrected chi connectivity index (χ0v) is 52.7. The predicted octanol–water partition coefficient (Wildman–Crippen LogP) is 14.3. The predicted molar refractivity (Wildman–Crippen MR) is 335 cm³/mol. The van der Waals surface area contributed by atoms with Gasteiger partial charge in [0.1, 0.15) is 42.7 Å². The second-order valence-electron chi connectivity index (χ2n) is 23.9. The van der Waals surface area contributed by atoms with E-state index >= 15 is 0 Å². The molecular formula is C62H73Cl3F9N9O11. The van der Waals surface area contributed by atoms with E-state index in [1.165, 1.54) is 0 Å². The van der Waals surface area contributed by atoms with Gasteiger partial charge in [0, 0.05) is 137 Å². The Hall–Kier alpha value is -6.99. The van der Waals surface area contributed by atoms with Crippen LogP contribution in [0.3, 0.4) is 0 Å². The third kappa shape index (κ3) is 20.5. The van der Waals surface area contributed by atoms with Crippen LogP contribution in [0.15, 0.2) is 103 Å². The summed E-state index contributed by atoms with van der Waals surface area (Å²) in [4.78, 5) is 53.0. The van der Waals surface area contributed by atoms with Crippen molar-refractivity contribution in [3.63, 3.8) is 0 Å². The molecule has 11 rings (SSSR count). The van der Waals surface area contributed by atoms with E-state index in [-0.39, 0.29) is 64.1 Å². The Morgan fingerprint density at radius 1 is 0.543 bits per heavy atom. The van der Waals surface area contributed by atoms with E-state index in [0.29, 0.717) is 81.0 Å². The zero-order chi connectivity index (χ0) is 67.7. The maximum atomic E-state index is 13.0. The first kappa shape index (κ1) is 74.4. The lowest BCUT2D eigenvalue weighted by molar-refractivity contribution is -0.385. The summed E-state index contributed by atoms with van der Waals surface area (Å²) in [6, 6.07) is 24.1. The molecular weight excluding hydrogens is 1320 g/mol. The van der Waals surface area contributed by atoms with E-state index in [1.54, 1.807) is 25.7 Å². The molecule has 5 aromatic carbocycles. The van der Waals surface area contributed by atoms with E-state index < -0.39 is 72.7 Å². The molecule has 32 heteroatoms. The molecule has 0 aliphatic carbocycles. The van der Waals surface area contributed by atoms with E-state index in [0.717, 1.165) is 110 Å². The molecule has 6 aliphatic rings. The third-order valence-electron chi connectivity index (χ3n) is 16.3. The lowest BCUT2D eigenvalue weighted by Gasteiger charge is -2.35. The van der Waals surface area contributed by atoms with Crippen LogP contribution < -0.4 is 19.5 Å². The van der Waals surface area contributed by atoms with Gasteiger partial charge >= 0.3 is 24.6 Å². The molecule has 1 amide bonds. The van der Waals surface area contributed by atoms with Crippen LogP contribution in [0.4, 0.5) is 61.4 Å². The van der Waals surface area contributed by atoms with Crippen molar-refractivity contribution < 1.29 is 79.5 Å². The highest BCUT2D eigenvalue weighted by Gasteiger charge is 2.47. The smallest absolute Gasteiger partial charge is 0.416 e. The molecule has 6 heterocycles. The molecule has 6 aliphatic heterocycles. The van der Waals surface area contributed by atoms with Crippen LogP contribution in [-0.4, -0.2) is 166 Å². The molecule has 0 radical (unpaired) electrons. The fourth-order valence-electron chi connectivity index (χ4n) is 11.9. The lowest BCUT2D eigenvalue weighted by Crippen LogP contribution is -2.50. The highest BCUT2D eigenvalue weighted by molar-refractivity contribution is 6.32. The Kier molecular flexibility index (Phi) is 25.1. The van der Waals surface area contributed by atoms with Gasteiger partial charge in [0.05, 0.1) is 49.7 Å². The maximum absolute atomic E-state index is 13.0. The van der Waals surface area contributed by atoms with Crippen molar-refractivity contribution in [2.24, 2.45) is 0 Å². The summed E-state index contributed by atoms with van der Waals surface area (Å²) in [5.41, 5.74) is -3.72. The molecule has 6 atom stereocenters. The molecule has 94 heavy (non-hydrogen) atoms. The van der Waals surface area contributed by atoms with Crippen molar-refractivity contribution in [3.8, 4) is 17.2 Å². The standard InChI is InChI=1S/C21H21ClF3N3O3.C19H24F3N3O5.C14H16F3N3O3.C7H6Cl2.CH4.H2/c22-20-4-2-1-3-14(20)11-27-13-17-9-18(27)12-26(17)5-6-31-19-8-15(21(23,24)25)7-16(10-19)28(29)30;1-18(2,3)30-17(26)24-11-14-8-15(24)10-23(14)4-5-29-16-7-12(19(20,21)22)6-13(9-16)25(27)28;15-14(16,17)9-3-11(20(21)22)6-13(4-9)23-2-1-19-8-10-5-12(19)7-18-10;8-5-6-3-1-2-4-7(6)9;;/h1-4,7-8,10,17-18H,5-6,9,11-13H2;6-7,9,14-15H,4-5,8,10-11H2,1-3H3;3-4,6,10,12,18H,1-2,5,7-8H2;1-4H,5H2;1H4;1H/t17-,18?;14-,15?;10?,12-;;;/m000.../s1/i;;;;;1+1. The summed E-state index contributed by atoms with van der Waals surface area (Å²) in [5, 5.41) is 37.5. The topological polar surface area (TPSA) is 212 Å². The van der Waals surface area contributed by atoms with Gasteiger partial charge in [-0.05, 0) is 81.5 Å². The number of ether oxygens (including phenoxy) is 4. The summed E-state index contributed by atoms with van der Waals surface area (Å²) in [5.74, 6) is 0.0103. The monoisotopic (exact) mass is 1400 g/mol. The SMILES string of the molecule is C.CC(C)(C)OC(=O)N1C[C@@H]2CC1CN2CCOc1cc([N+](=O)[O-])cc(C(F)(F)F)c1.ClCc1ccccc1Cl.O=[N+]([O-])c1cc(OCCN2CC3C[C@H]2CN3)cc(C(F)(F)F)c1.O=[N+]([O-])c1cc(OCCN2CC3C[C@H]2CN3Cc2ccccc2Cl)cc(C(F)(F)F)c1.[2HH]. The number of alkyl halides is 10. The molecule has 0 aromatic heterocycles. The van der Waals surface area contributed by atoms with Gasteiger partial charge in [-0.15, -0.1) is 11.6 Å². The minimum atomic E-state index is -4.71. The second kappa shape index (κ2) is 31.7. The molecule has 0 spiro atoms. The lowest BCUT2D eigenvalue weighted by atomic mass is 10.2. The number of amides is 1. The Labute approximate surface area is 552 Å². The molecule has 5 aromatic rings. The molecule has 6 bridgehead atoms. The molecule has 3 unspecified atom stereocenters. The Balaban J connectivity index is 0.000000211. The molecule has 1 N–H and O–H groups in total. The average Bonchev–Trinajstić information content (AvgIpc) is 1.67. The van der Waals surface area contributed by atoms with Crippen LogP contribution in [-0.2, 0) is 35.7 Å². The van der Waals surface area contributed by atoms with Gasteiger partial charge in [0.25, 0.3) is 17.1 Å². The molecule has 20 nitrogen and oxygen atoms in total. The van der Waals surface area contributed by atoms with Crippen LogP contribution in [0.25, 0.3) is 0 Å². The number of carbonyl (C=O) groups excluding carboxylic acids is 1. The van der Waals surface area contributed by atoms with Gasteiger partial charge < -0.3 is 29.2 Å². The fourth-order valence-corrected chi connectivity index (χ4v) is 12.6. The van der Waals surface area contributed by atoms with Crippen molar-refractivity contribution in [2.45, 2.75) is 120 Å². The number of piperazine rings is 3. The van der Waals surface area contributed by atoms with Gasteiger partial charge in [0.2, 0.25) is 0 Å². The second-order valence-corrected chi connectivity index (χ2v) is 25.0. The molecule has 0 saturated carbocycles. The number of nitro groups is 3. The average molecular weight is 1400 g/mol. The fraction of sp³-hybridized carbons (Fsp3) is 0.500. The van der Waals surface area contributed by atoms with Gasteiger partial charge in [-0.3, -0.25) is 49.9 Å². The van der Waals surface area contributed by atoms with E-state index in [1.807, 2.05) is 48.5 Å². The number of non-ortho nitro benzene ring substituents is 3.